The second kappa shape index (κ2) is 7.54. The molecule has 1 aliphatic carbocycles. The summed E-state index contributed by atoms with van der Waals surface area (Å²) in [7, 11) is 0. The summed E-state index contributed by atoms with van der Waals surface area (Å²) < 4.78 is 0. The largest absolute Gasteiger partial charge is 0.355 e. The lowest BCUT2D eigenvalue weighted by Gasteiger charge is -2.20. The third-order valence-corrected chi connectivity index (χ3v) is 5.17. The number of amides is 1. The van der Waals surface area contributed by atoms with E-state index in [-0.39, 0.29) is 11.8 Å². The van der Waals surface area contributed by atoms with E-state index in [1.807, 2.05) is 18.2 Å². The van der Waals surface area contributed by atoms with E-state index in [1.54, 1.807) is 11.3 Å². The Bertz CT molecular complexity index is 603. The number of benzene rings is 1. The van der Waals surface area contributed by atoms with E-state index < -0.39 is 0 Å². The molecule has 1 heterocycles. The van der Waals surface area contributed by atoms with Gasteiger partial charge in [0, 0.05) is 29.8 Å². The quantitative estimate of drug-likeness (QED) is 0.904. The number of rotatable bonds is 5. The van der Waals surface area contributed by atoms with Gasteiger partial charge in [-0.1, -0.05) is 49.6 Å². The highest BCUT2D eigenvalue weighted by Crippen LogP contribution is 2.24. The molecule has 116 valence electrons. The van der Waals surface area contributed by atoms with Gasteiger partial charge in [0.2, 0.25) is 5.91 Å². The molecule has 0 bridgehead atoms. The van der Waals surface area contributed by atoms with Crippen molar-refractivity contribution in [3.05, 3.63) is 41.4 Å². The van der Waals surface area contributed by atoms with E-state index in [2.05, 4.69) is 27.8 Å². The van der Waals surface area contributed by atoms with E-state index in [0.717, 1.165) is 35.5 Å². The topological polar surface area (TPSA) is 42.0 Å². The molecule has 2 aromatic rings. The van der Waals surface area contributed by atoms with E-state index in [9.17, 15) is 4.79 Å². The van der Waals surface area contributed by atoms with Crippen molar-refractivity contribution in [3.8, 4) is 10.6 Å². The van der Waals surface area contributed by atoms with Crippen LogP contribution in [-0.2, 0) is 11.2 Å². The summed E-state index contributed by atoms with van der Waals surface area (Å²) >= 11 is 1.67. The Kier molecular flexibility index (Phi) is 5.22. The maximum Gasteiger partial charge on any atom is 0.223 e. The number of aromatic nitrogens is 1. The van der Waals surface area contributed by atoms with Crippen LogP contribution in [0, 0.1) is 5.92 Å². The van der Waals surface area contributed by atoms with Gasteiger partial charge in [-0.05, 0) is 12.8 Å². The minimum Gasteiger partial charge on any atom is -0.355 e. The first kappa shape index (κ1) is 15.2. The first-order valence-electron chi connectivity index (χ1n) is 8.10. The Morgan fingerprint density at radius 1 is 1.18 bits per heavy atom. The van der Waals surface area contributed by atoms with E-state index in [4.69, 9.17) is 0 Å². The zero-order valence-electron chi connectivity index (χ0n) is 12.8. The molecule has 1 N–H and O–H groups in total. The van der Waals surface area contributed by atoms with Crippen LogP contribution in [-0.4, -0.2) is 17.4 Å². The Balaban J connectivity index is 1.48. The van der Waals surface area contributed by atoms with Gasteiger partial charge in [0.1, 0.15) is 5.01 Å². The minimum atomic E-state index is 0.234. The van der Waals surface area contributed by atoms with Crippen LogP contribution in [0.5, 0.6) is 0 Å². The minimum absolute atomic E-state index is 0.234. The van der Waals surface area contributed by atoms with Crippen LogP contribution >= 0.6 is 11.3 Å². The average Bonchev–Trinajstić information content (AvgIpc) is 3.05. The Morgan fingerprint density at radius 3 is 2.73 bits per heavy atom. The number of hydrogen-bond acceptors (Lipinski definition) is 3. The van der Waals surface area contributed by atoms with Gasteiger partial charge in [0.25, 0.3) is 0 Å². The predicted molar refractivity (Wildman–Crippen MR) is 90.8 cm³/mol. The van der Waals surface area contributed by atoms with Crippen molar-refractivity contribution in [2.24, 2.45) is 5.92 Å². The van der Waals surface area contributed by atoms with Gasteiger partial charge in [-0.25, -0.2) is 4.98 Å². The normalized spacial score (nSPS) is 15.6. The van der Waals surface area contributed by atoms with E-state index >= 15 is 0 Å². The number of hydrogen-bond donors (Lipinski definition) is 1. The summed E-state index contributed by atoms with van der Waals surface area (Å²) in [5.74, 6) is 0.474. The van der Waals surface area contributed by atoms with Crippen molar-refractivity contribution in [3.63, 3.8) is 0 Å². The third kappa shape index (κ3) is 3.95. The first-order chi connectivity index (χ1) is 10.8. The first-order valence-corrected chi connectivity index (χ1v) is 8.98. The van der Waals surface area contributed by atoms with Crippen molar-refractivity contribution >= 4 is 17.2 Å². The fourth-order valence-electron chi connectivity index (χ4n) is 2.96. The standard InChI is InChI=1S/C18H22N2OS/c21-17(14-7-3-1-4-8-14)19-12-11-16-13-22-18(20-16)15-9-5-2-6-10-15/h2,5-6,9-10,13-14H,1,3-4,7-8,11-12H2,(H,19,21). The summed E-state index contributed by atoms with van der Waals surface area (Å²) in [5.41, 5.74) is 2.22. The van der Waals surface area contributed by atoms with Crippen LogP contribution in [0.15, 0.2) is 35.7 Å². The Hall–Kier alpha value is -1.68. The molecule has 1 amide bonds. The maximum absolute atomic E-state index is 12.1. The van der Waals surface area contributed by atoms with E-state index in [1.165, 1.54) is 19.3 Å². The molecule has 1 aliphatic rings. The third-order valence-electron chi connectivity index (χ3n) is 4.23. The zero-order valence-corrected chi connectivity index (χ0v) is 13.6. The highest BCUT2D eigenvalue weighted by Gasteiger charge is 2.20. The van der Waals surface area contributed by atoms with Gasteiger partial charge >= 0.3 is 0 Å². The molecular formula is C18H22N2OS. The maximum atomic E-state index is 12.1. The van der Waals surface area contributed by atoms with Crippen molar-refractivity contribution in [1.29, 1.82) is 0 Å². The van der Waals surface area contributed by atoms with Gasteiger partial charge in [-0.3, -0.25) is 4.79 Å². The molecule has 1 aromatic carbocycles. The molecule has 1 aromatic heterocycles. The van der Waals surface area contributed by atoms with Crippen LogP contribution in [0.25, 0.3) is 10.6 Å². The lowest BCUT2D eigenvalue weighted by atomic mass is 9.89. The highest BCUT2D eigenvalue weighted by molar-refractivity contribution is 7.13. The van der Waals surface area contributed by atoms with Crippen LogP contribution in [0.1, 0.15) is 37.8 Å². The molecule has 3 rings (SSSR count). The number of thiazole rings is 1. The molecule has 0 aliphatic heterocycles. The van der Waals surface area contributed by atoms with Gasteiger partial charge < -0.3 is 5.32 Å². The molecule has 0 unspecified atom stereocenters. The monoisotopic (exact) mass is 314 g/mol. The smallest absolute Gasteiger partial charge is 0.223 e. The van der Waals surface area contributed by atoms with Crippen molar-refractivity contribution in [2.75, 3.05) is 6.54 Å². The summed E-state index contributed by atoms with van der Waals surface area (Å²) in [6, 6.07) is 10.2. The van der Waals surface area contributed by atoms with Gasteiger partial charge in [-0.2, -0.15) is 0 Å². The predicted octanol–water partition coefficient (Wildman–Crippen LogP) is 4.05. The molecule has 4 heteroatoms. The van der Waals surface area contributed by atoms with E-state index in [0.29, 0.717) is 6.54 Å². The van der Waals surface area contributed by atoms with Crippen LogP contribution in [0.3, 0.4) is 0 Å². The number of carbonyl (C=O) groups excluding carboxylic acids is 1. The molecule has 0 saturated heterocycles. The fraction of sp³-hybridized carbons (Fsp3) is 0.444. The Labute approximate surface area is 135 Å². The number of nitrogens with one attached hydrogen (secondary N) is 1. The molecular weight excluding hydrogens is 292 g/mol. The SMILES string of the molecule is O=C(NCCc1csc(-c2ccccc2)n1)C1CCCCC1. The molecule has 3 nitrogen and oxygen atoms in total. The van der Waals surface area contributed by atoms with Crippen molar-refractivity contribution < 1.29 is 4.79 Å². The van der Waals surface area contributed by atoms with Crippen LogP contribution in [0.4, 0.5) is 0 Å². The summed E-state index contributed by atoms with van der Waals surface area (Å²) in [6.07, 6.45) is 6.60. The fourth-order valence-corrected chi connectivity index (χ4v) is 3.82. The number of carbonyl (C=O) groups is 1. The molecule has 0 spiro atoms. The zero-order chi connectivity index (χ0) is 15.2. The summed E-state index contributed by atoms with van der Waals surface area (Å²) in [4.78, 5) is 16.7. The molecule has 1 fully saturated rings. The molecule has 1 saturated carbocycles. The highest BCUT2D eigenvalue weighted by atomic mass is 32.1. The lowest BCUT2D eigenvalue weighted by molar-refractivity contribution is -0.125. The second-order valence-electron chi connectivity index (χ2n) is 5.89. The van der Waals surface area contributed by atoms with Crippen molar-refractivity contribution in [2.45, 2.75) is 38.5 Å². The van der Waals surface area contributed by atoms with Crippen LogP contribution < -0.4 is 5.32 Å². The van der Waals surface area contributed by atoms with Crippen LogP contribution in [0.2, 0.25) is 0 Å². The van der Waals surface area contributed by atoms with Gasteiger partial charge in [0.15, 0.2) is 0 Å². The Morgan fingerprint density at radius 2 is 1.95 bits per heavy atom. The van der Waals surface area contributed by atoms with Gasteiger partial charge in [0.05, 0.1) is 5.69 Å². The second-order valence-corrected chi connectivity index (χ2v) is 6.74. The molecule has 22 heavy (non-hydrogen) atoms. The summed E-state index contributed by atoms with van der Waals surface area (Å²) in [5, 5.41) is 6.22. The molecule has 0 atom stereocenters. The van der Waals surface area contributed by atoms with Crippen molar-refractivity contribution in [1.82, 2.24) is 10.3 Å². The average molecular weight is 314 g/mol. The molecule has 0 radical (unpaired) electrons. The number of nitrogens with zero attached hydrogens (tertiary/aromatic N) is 1. The van der Waals surface area contributed by atoms with Gasteiger partial charge in [-0.15, -0.1) is 11.3 Å². The lowest BCUT2D eigenvalue weighted by Crippen LogP contribution is -2.33. The summed E-state index contributed by atoms with van der Waals surface area (Å²) in [6.45, 7) is 0.688.